The number of alkyl halides is 3. The lowest BCUT2D eigenvalue weighted by molar-refractivity contribution is -0.137. The molecule has 0 saturated heterocycles. The van der Waals surface area contributed by atoms with E-state index in [0.717, 1.165) is 29.7 Å². The van der Waals surface area contributed by atoms with Crippen LogP contribution in [0.5, 0.6) is 5.75 Å². The van der Waals surface area contributed by atoms with E-state index in [1.54, 1.807) is 24.3 Å². The number of hydrogen-bond donors (Lipinski definition) is 2. The van der Waals surface area contributed by atoms with E-state index >= 15 is 0 Å². The van der Waals surface area contributed by atoms with Crippen molar-refractivity contribution in [3.05, 3.63) is 59.8 Å². The summed E-state index contributed by atoms with van der Waals surface area (Å²) in [6.45, 7) is 1.36. The Labute approximate surface area is 163 Å². The van der Waals surface area contributed by atoms with Crippen LogP contribution in [0.1, 0.15) is 23.0 Å². The number of ether oxygens (including phenoxy) is 2. The normalized spacial score (nSPS) is 12.4. The number of aromatic amines is 1. The van der Waals surface area contributed by atoms with Crippen molar-refractivity contribution < 1.29 is 32.2 Å². The van der Waals surface area contributed by atoms with Crippen LogP contribution in [0.2, 0.25) is 0 Å². The van der Waals surface area contributed by atoms with E-state index in [-0.39, 0.29) is 11.4 Å². The molecule has 0 aliphatic carbocycles. The molecule has 29 heavy (non-hydrogen) atoms. The maximum Gasteiger partial charge on any atom is 0.416 e. The molecule has 152 valence electrons. The van der Waals surface area contributed by atoms with Gasteiger partial charge in [0.1, 0.15) is 11.4 Å². The van der Waals surface area contributed by atoms with Gasteiger partial charge in [0.05, 0.1) is 12.7 Å². The van der Waals surface area contributed by atoms with Crippen molar-refractivity contribution in [2.45, 2.75) is 19.2 Å². The third-order valence-electron chi connectivity index (χ3n) is 4.18. The predicted molar refractivity (Wildman–Crippen MR) is 99.8 cm³/mol. The number of methoxy groups -OCH3 is 1. The molecule has 2 aromatic carbocycles. The van der Waals surface area contributed by atoms with Crippen molar-refractivity contribution in [3.8, 4) is 5.75 Å². The number of aromatic nitrogens is 1. The smallest absolute Gasteiger partial charge is 0.416 e. The molecular weight excluding hydrogens is 389 g/mol. The number of benzene rings is 2. The fourth-order valence-electron chi connectivity index (χ4n) is 2.61. The van der Waals surface area contributed by atoms with Crippen molar-refractivity contribution in [2.24, 2.45) is 0 Å². The summed E-state index contributed by atoms with van der Waals surface area (Å²) >= 11 is 0. The van der Waals surface area contributed by atoms with E-state index in [4.69, 9.17) is 9.47 Å². The zero-order valence-corrected chi connectivity index (χ0v) is 15.5. The maximum absolute atomic E-state index is 12.6. The number of H-pyrrole nitrogens is 1. The summed E-state index contributed by atoms with van der Waals surface area (Å²) in [6.07, 6.45) is -5.62. The molecule has 1 heterocycles. The van der Waals surface area contributed by atoms with Crippen LogP contribution in [0.15, 0.2) is 48.5 Å². The van der Waals surface area contributed by atoms with E-state index in [1.807, 2.05) is 0 Å². The lowest BCUT2D eigenvalue weighted by atomic mass is 10.2. The Morgan fingerprint density at radius 2 is 1.76 bits per heavy atom. The largest absolute Gasteiger partial charge is 0.497 e. The van der Waals surface area contributed by atoms with Gasteiger partial charge in [0.15, 0.2) is 6.10 Å². The van der Waals surface area contributed by atoms with Crippen LogP contribution in [0.3, 0.4) is 0 Å². The number of anilines is 1. The zero-order chi connectivity index (χ0) is 21.2. The van der Waals surface area contributed by atoms with Gasteiger partial charge in [-0.1, -0.05) is 0 Å². The van der Waals surface area contributed by atoms with Crippen LogP contribution in [0.4, 0.5) is 18.9 Å². The molecule has 0 aliphatic rings. The minimum Gasteiger partial charge on any atom is -0.497 e. The average Bonchev–Trinajstić information content (AvgIpc) is 3.11. The van der Waals surface area contributed by atoms with Crippen LogP contribution >= 0.6 is 0 Å². The van der Waals surface area contributed by atoms with Gasteiger partial charge in [-0.3, -0.25) is 4.79 Å². The highest BCUT2D eigenvalue weighted by Crippen LogP contribution is 2.29. The summed E-state index contributed by atoms with van der Waals surface area (Å²) < 4.78 is 48.0. The number of nitrogens with one attached hydrogen (secondary N) is 2. The van der Waals surface area contributed by atoms with E-state index in [0.29, 0.717) is 11.3 Å². The Morgan fingerprint density at radius 3 is 2.38 bits per heavy atom. The standard InChI is InChI=1S/C20H17F3N2O4/c1-11(18(26)24-14-6-4-13(5-7-14)20(21,22)23)29-19(27)17-9-12-3-8-15(28-2)10-16(12)25-17/h3-11,25H,1-2H3,(H,24,26)/t11-/m0/s1. The molecule has 0 saturated carbocycles. The number of carbonyl (C=O) groups excluding carboxylic acids is 2. The SMILES string of the molecule is COc1ccc2cc(C(=O)O[C@@H](C)C(=O)Nc3ccc(C(F)(F)F)cc3)[nH]c2c1. The number of rotatable bonds is 5. The Balaban J connectivity index is 1.63. The van der Waals surface area contributed by atoms with E-state index < -0.39 is 29.7 Å². The molecular formula is C20H17F3N2O4. The van der Waals surface area contributed by atoms with Crippen molar-refractivity contribution in [1.29, 1.82) is 0 Å². The second-order valence-electron chi connectivity index (χ2n) is 6.25. The summed E-state index contributed by atoms with van der Waals surface area (Å²) in [7, 11) is 1.52. The molecule has 3 rings (SSSR count). The van der Waals surface area contributed by atoms with Gasteiger partial charge in [0.25, 0.3) is 5.91 Å². The van der Waals surface area contributed by atoms with Gasteiger partial charge < -0.3 is 19.8 Å². The minimum atomic E-state index is -4.46. The fraction of sp³-hybridized carbons (Fsp3) is 0.200. The van der Waals surface area contributed by atoms with Crippen LogP contribution in [0.25, 0.3) is 10.9 Å². The van der Waals surface area contributed by atoms with Gasteiger partial charge in [-0.2, -0.15) is 13.2 Å². The zero-order valence-electron chi connectivity index (χ0n) is 15.5. The summed E-state index contributed by atoms with van der Waals surface area (Å²) in [5.41, 5.74) is 0.148. The van der Waals surface area contributed by atoms with Crippen LogP contribution < -0.4 is 10.1 Å². The molecule has 1 amide bonds. The lowest BCUT2D eigenvalue weighted by Crippen LogP contribution is -2.30. The predicted octanol–water partition coefficient (Wildman–Crippen LogP) is 4.38. The topological polar surface area (TPSA) is 80.4 Å². The molecule has 1 atom stereocenters. The Morgan fingerprint density at radius 1 is 1.07 bits per heavy atom. The summed E-state index contributed by atoms with van der Waals surface area (Å²) in [6, 6.07) is 10.8. The molecule has 6 nitrogen and oxygen atoms in total. The van der Waals surface area contributed by atoms with Gasteiger partial charge in [0, 0.05) is 22.7 Å². The third-order valence-corrected chi connectivity index (χ3v) is 4.18. The van der Waals surface area contributed by atoms with Crippen molar-refractivity contribution in [3.63, 3.8) is 0 Å². The summed E-state index contributed by atoms with van der Waals surface area (Å²) in [5.74, 6) is -0.797. The molecule has 0 radical (unpaired) electrons. The molecule has 1 aromatic heterocycles. The average molecular weight is 406 g/mol. The maximum atomic E-state index is 12.6. The summed E-state index contributed by atoms with van der Waals surface area (Å²) in [5, 5.41) is 3.17. The Bertz CT molecular complexity index is 1040. The van der Waals surface area contributed by atoms with E-state index in [1.165, 1.54) is 14.0 Å². The van der Waals surface area contributed by atoms with Crippen LogP contribution in [0, 0.1) is 0 Å². The van der Waals surface area contributed by atoms with Crippen molar-refractivity contribution >= 4 is 28.5 Å². The number of amides is 1. The molecule has 0 spiro atoms. The molecule has 0 aliphatic heterocycles. The first kappa shape index (κ1) is 20.2. The number of fused-ring (bicyclic) bond motifs is 1. The number of carbonyl (C=O) groups is 2. The second-order valence-corrected chi connectivity index (χ2v) is 6.25. The molecule has 0 bridgehead atoms. The Hall–Kier alpha value is -3.49. The van der Waals surface area contributed by atoms with Crippen molar-refractivity contribution in [1.82, 2.24) is 4.98 Å². The number of esters is 1. The third kappa shape index (κ3) is 4.68. The fourth-order valence-corrected chi connectivity index (χ4v) is 2.61. The highest BCUT2D eigenvalue weighted by atomic mass is 19.4. The molecule has 0 unspecified atom stereocenters. The first-order chi connectivity index (χ1) is 13.7. The summed E-state index contributed by atoms with van der Waals surface area (Å²) in [4.78, 5) is 27.4. The monoisotopic (exact) mass is 406 g/mol. The lowest BCUT2D eigenvalue weighted by Gasteiger charge is -2.13. The van der Waals surface area contributed by atoms with Gasteiger partial charge >= 0.3 is 12.1 Å². The van der Waals surface area contributed by atoms with Crippen molar-refractivity contribution in [2.75, 3.05) is 12.4 Å². The highest BCUT2D eigenvalue weighted by Gasteiger charge is 2.30. The van der Waals surface area contributed by atoms with Gasteiger partial charge in [-0.15, -0.1) is 0 Å². The molecule has 0 fully saturated rings. The Kier molecular flexibility index (Phi) is 5.49. The minimum absolute atomic E-state index is 0.155. The number of hydrogen-bond acceptors (Lipinski definition) is 4. The first-order valence-corrected chi connectivity index (χ1v) is 8.53. The van der Waals surface area contributed by atoms with E-state index in [9.17, 15) is 22.8 Å². The quantitative estimate of drug-likeness (QED) is 0.617. The second kappa shape index (κ2) is 7.86. The van der Waals surface area contributed by atoms with Gasteiger partial charge in [-0.05, 0) is 49.4 Å². The molecule has 9 heteroatoms. The van der Waals surface area contributed by atoms with Gasteiger partial charge in [-0.25, -0.2) is 4.79 Å². The van der Waals surface area contributed by atoms with E-state index in [2.05, 4.69) is 10.3 Å². The van der Waals surface area contributed by atoms with Crippen LogP contribution in [-0.4, -0.2) is 30.1 Å². The first-order valence-electron chi connectivity index (χ1n) is 8.53. The molecule has 2 N–H and O–H groups in total. The van der Waals surface area contributed by atoms with Gasteiger partial charge in [0.2, 0.25) is 0 Å². The number of halogens is 3. The van der Waals surface area contributed by atoms with Crippen LogP contribution in [-0.2, 0) is 15.7 Å². The molecule has 3 aromatic rings. The highest BCUT2D eigenvalue weighted by molar-refractivity contribution is 5.99.